The van der Waals surface area contributed by atoms with E-state index in [4.69, 9.17) is 9.62 Å². The largest absolute Gasteiger partial charge is 0.463 e. The molecule has 12 unspecified atom stereocenters. The molecule has 0 radical (unpaired) electrons. The minimum atomic E-state index is -0.896. The molecule has 6 aliphatic carbocycles. The lowest BCUT2D eigenvalue weighted by Crippen LogP contribution is -2.56. The van der Waals surface area contributed by atoms with E-state index in [-0.39, 0.29) is 52.0 Å². The molecule has 2 N–H and O–H groups in total. The van der Waals surface area contributed by atoms with E-state index in [9.17, 15) is 15.2 Å². The molecule has 0 heterocycles. The molecule has 6 rings (SSSR count). The molecule has 0 aromatic rings. The van der Waals surface area contributed by atoms with Crippen LogP contribution in [0.1, 0.15) is 138 Å². The Kier molecular flexibility index (Phi) is 9.64. The number of ether oxygens (including phenoxy) is 1. The van der Waals surface area contributed by atoms with Crippen LogP contribution in [0.5, 0.6) is 0 Å². The van der Waals surface area contributed by atoms with Gasteiger partial charge in [0.2, 0.25) is 0 Å². The van der Waals surface area contributed by atoms with E-state index in [1.165, 1.54) is 12.8 Å². The Bertz CT molecular complexity index is 1330. The zero-order valence-corrected chi connectivity index (χ0v) is 31.1. The maximum atomic E-state index is 14.0. The Morgan fingerprint density at radius 3 is 1.88 bits per heavy atom. The fraction of sp³-hybridized carbons (Fsp3) is 0.791. The summed E-state index contributed by atoms with van der Waals surface area (Å²) in [6.45, 7) is 22.1. The summed E-state index contributed by atoms with van der Waals surface area (Å²) in [7, 11) is 0. The summed E-state index contributed by atoms with van der Waals surface area (Å²) >= 11 is 0. The number of fused-ring (bicyclic) bond motifs is 6. The highest BCUT2D eigenvalue weighted by molar-refractivity contribution is 5.77. The zero-order valence-electron chi connectivity index (χ0n) is 31.1. The van der Waals surface area contributed by atoms with Crippen LogP contribution in [0.3, 0.4) is 0 Å². The smallest absolute Gasteiger partial charge is 0.312 e. The van der Waals surface area contributed by atoms with E-state index in [1.54, 1.807) is 11.1 Å². The van der Waals surface area contributed by atoms with Gasteiger partial charge in [0.1, 0.15) is 12.7 Å². The van der Waals surface area contributed by atoms with Gasteiger partial charge in [-0.1, -0.05) is 82.9 Å². The minimum Gasteiger partial charge on any atom is -0.463 e. The average molecular weight is 663 g/mol. The molecule has 5 heteroatoms. The summed E-state index contributed by atoms with van der Waals surface area (Å²) in [5, 5.41) is 21.7. The van der Waals surface area contributed by atoms with Crippen LogP contribution in [0, 0.1) is 56.2 Å². The lowest BCUT2D eigenvalue weighted by Gasteiger charge is -2.61. The van der Waals surface area contributed by atoms with Crippen LogP contribution in [0.2, 0.25) is 0 Å². The predicted molar refractivity (Wildman–Crippen MR) is 193 cm³/mol. The Morgan fingerprint density at radius 1 is 0.812 bits per heavy atom. The van der Waals surface area contributed by atoms with Crippen molar-refractivity contribution < 1.29 is 24.8 Å². The second-order valence-corrected chi connectivity index (χ2v) is 18.9. The monoisotopic (exact) mass is 662 g/mol. The summed E-state index contributed by atoms with van der Waals surface area (Å²) in [4.78, 5) is 19.3. The van der Waals surface area contributed by atoms with Crippen LogP contribution < -0.4 is 0 Å². The molecule has 0 bridgehead atoms. The van der Waals surface area contributed by atoms with Gasteiger partial charge in [-0.2, -0.15) is 0 Å². The number of hydrogen-bond acceptors (Lipinski definition) is 5. The van der Waals surface area contributed by atoms with E-state index in [0.717, 1.165) is 77.0 Å². The van der Waals surface area contributed by atoms with Gasteiger partial charge in [0.15, 0.2) is 0 Å². The van der Waals surface area contributed by atoms with Crippen molar-refractivity contribution >= 4 is 5.97 Å². The third kappa shape index (κ3) is 5.84. The molecule has 12 atom stereocenters. The van der Waals surface area contributed by atoms with Gasteiger partial charge in [0.05, 0.1) is 11.5 Å². The van der Waals surface area contributed by atoms with Crippen LogP contribution in [-0.2, 0) is 14.4 Å². The predicted octanol–water partition coefficient (Wildman–Crippen LogP) is 10.4. The quantitative estimate of drug-likeness (QED) is 0.111. The van der Waals surface area contributed by atoms with E-state index in [0.29, 0.717) is 17.8 Å². The van der Waals surface area contributed by atoms with Crippen molar-refractivity contribution in [2.24, 2.45) is 56.2 Å². The highest BCUT2D eigenvalue weighted by Gasteiger charge is 2.60. The van der Waals surface area contributed by atoms with E-state index < -0.39 is 17.6 Å². The van der Waals surface area contributed by atoms with Gasteiger partial charge >= 0.3 is 5.97 Å². The first kappa shape index (κ1) is 36.1. The third-order valence-electron chi connectivity index (χ3n) is 16.1. The first-order valence-electron chi connectivity index (χ1n) is 19.5. The Labute approximate surface area is 291 Å². The molecule has 4 fully saturated rings. The van der Waals surface area contributed by atoms with Gasteiger partial charge in [-0.3, -0.25) is 10.1 Å². The fourth-order valence-electron chi connectivity index (χ4n) is 13.1. The van der Waals surface area contributed by atoms with Crippen molar-refractivity contribution in [2.45, 2.75) is 150 Å². The van der Waals surface area contributed by atoms with Gasteiger partial charge in [0.25, 0.3) is 0 Å². The summed E-state index contributed by atoms with van der Waals surface area (Å²) in [5.41, 5.74) is 2.70. The molecule has 6 aliphatic rings. The molecule has 268 valence electrons. The van der Waals surface area contributed by atoms with Gasteiger partial charge < -0.3 is 9.84 Å². The van der Waals surface area contributed by atoms with E-state index in [1.807, 2.05) is 0 Å². The standard InChI is InChI=1S/C43H66O5/c1-9-38(3)23-17-32-29(26-38)13-15-34-40(32,5)19-11-21-42(34,7)36(48-46)25-31(44)28-47-37(45)43(8)22-12-20-41(6)33-18-24-39(4,10-2)27-30(33)14-16-35(41)43/h9-10,26-27,31-36,44,46H,1-2,11-25,28H2,3-8H3. The second-order valence-electron chi connectivity index (χ2n) is 18.9. The maximum absolute atomic E-state index is 14.0. The second kappa shape index (κ2) is 12.8. The van der Waals surface area contributed by atoms with Crippen molar-refractivity contribution in [3.05, 3.63) is 48.6 Å². The zero-order chi connectivity index (χ0) is 34.8. The van der Waals surface area contributed by atoms with Crippen LogP contribution in [0.15, 0.2) is 48.6 Å². The average Bonchev–Trinajstić information content (AvgIpc) is 3.05. The molecular formula is C43H66O5. The van der Waals surface area contributed by atoms with Crippen LogP contribution >= 0.6 is 0 Å². The number of esters is 1. The maximum Gasteiger partial charge on any atom is 0.312 e. The molecule has 0 aromatic heterocycles. The summed E-state index contributed by atoms with van der Waals surface area (Å²) in [6, 6.07) is 0. The summed E-state index contributed by atoms with van der Waals surface area (Å²) < 4.78 is 6.05. The van der Waals surface area contributed by atoms with Crippen molar-refractivity contribution in [1.82, 2.24) is 0 Å². The topological polar surface area (TPSA) is 76.0 Å². The molecular weight excluding hydrogens is 596 g/mol. The number of allylic oxidation sites excluding steroid dienone is 6. The summed E-state index contributed by atoms with van der Waals surface area (Å²) in [5.74, 6) is 1.54. The van der Waals surface area contributed by atoms with E-state index in [2.05, 4.69) is 79.0 Å². The van der Waals surface area contributed by atoms with Crippen LogP contribution in [0.25, 0.3) is 0 Å². The first-order valence-corrected chi connectivity index (χ1v) is 19.5. The lowest BCUT2D eigenvalue weighted by atomic mass is 9.44. The van der Waals surface area contributed by atoms with Crippen molar-refractivity contribution in [1.29, 1.82) is 0 Å². The molecule has 0 saturated heterocycles. The molecule has 48 heavy (non-hydrogen) atoms. The molecule has 5 nitrogen and oxygen atoms in total. The Hall–Kier alpha value is -1.69. The van der Waals surface area contributed by atoms with Crippen molar-refractivity contribution in [3.8, 4) is 0 Å². The van der Waals surface area contributed by atoms with Crippen molar-refractivity contribution in [2.75, 3.05) is 6.61 Å². The highest BCUT2D eigenvalue weighted by atomic mass is 17.1. The highest BCUT2D eigenvalue weighted by Crippen LogP contribution is 2.66. The van der Waals surface area contributed by atoms with Crippen LogP contribution in [-0.4, -0.2) is 35.1 Å². The number of carbonyl (C=O) groups excluding carboxylic acids is 1. The number of aliphatic hydroxyl groups is 1. The summed E-state index contributed by atoms with van der Waals surface area (Å²) in [6.07, 6.45) is 23.0. The first-order chi connectivity index (χ1) is 22.6. The number of rotatable bonds is 9. The van der Waals surface area contributed by atoms with Crippen molar-refractivity contribution in [3.63, 3.8) is 0 Å². The lowest BCUT2D eigenvalue weighted by molar-refractivity contribution is -0.323. The molecule has 0 aliphatic heterocycles. The third-order valence-corrected chi connectivity index (χ3v) is 16.1. The Morgan fingerprint density at radius 2 is 1.33 bits per heavy atom. The fourth-order valence-corrected chi connectivity index (χ4v) is 13.1. The van der Waals surface area contributed by atoms with Gasteiger partial charge in [0, 0.05) is 22.7 Å². The van der Waals surface area contributed by atoms with E-state index >= 15 is 0 Å². The number of carbonyl (C=O) groups is 1. The normalized spacial score (nSPS) is 46.7. The van der Waals surface area contributed by atoms with Crippen LogP contribution in [0.4, 0.5) is 0 Å². The molecule has 0 aromatic carbocycles. The van der Waals surface area contributed by atoms with Gasteiger partial charge in [-0.05, 0) is 118 Å². The molecule has 4 saturated carbocycles. The SMILES string of the molecule is C=CC1(C)C=C2CCC3C(C)(C(=O)OCC(O)CC(OO)C4(C)CCCC5(C)C6CCC(C)(C=C)C=C6CCC45)CCCC3(C)C2CC1. The van der Waals surface area contributed by atoms with Gasteiger partial charge in [-0.25, -0.2) is 4.89 Å². The molecule has 0 amide bonds. The number of hydrogen-bond donors (Lipinski definition) is 2. The molecule has 0 spiro atoms. The minimum absolute atomic E-state index is 0.0579. The number of aliphatic hydroxyl groups excluding tert-OH is 1. The van der Waals surface area contributed by atoms with Gasteiger partial charge in [-0.15, -0.1) is 13.2 Å². The Balaban J connectivity index is 1.12.